The Labute approximate surface area is 316 Å². The van der Waals surface area contributed by atoms with Crippen molar-refractivity contribution in [3.63, 3.8) is 0 Å². The summed E-state index contributed by atoms with van der Waals surface area (Å²) in [5, 5.41) is 19.4. The van der Waals surface area contributed by atoms with Gasteiger partial charge in [0.1, 0.15) is 25.3 Å². The number of pyridine rings is 2. The number of benzene rings is 2. The van der Waals surface area contributed by atoms with Crippen LogP contribution in [0, 0.1) is 13.8 Å². The molecular weight excluding hydrogens is 688 g/mol. The average Bonchev–Trinajstić information content (AvgIpc) is 3.18. The number of carboxylic acid groups (broad SMARTS) is 2. The van der Waals surface area contributed by atoms with Crippen LogP contribution >= 0.6 is 0 Å². The highest BCUT2D eigenvalue weighted by atomic mass is 16.5. The van der Waals surface area contributed by atoms with Gasteiger partial charge in [0.15, 0.2) is 0 Å². The molecule has 0 amide bonds. The molecule has 2 aromatic carbocycles. The van der Waals surface area contributed by atoms with E-state index in [1.807, 2.05) is 58.3 Å². The van der Waals surface area contributed by atoms with Crippen LogP contribution in [0.4, 0.5) is 0 Å². The van der Waals surface area contributed by atoms with Crippen molar-refractivity contribution >= 4 is 11.9 Å². The first-order valence-corrected chi connectivity index (χ1v) is 18.6. The molecule has 2 atom stereocenters. The SMILES string of the molecule is COc1nc(OCc2cccc(-c3cccc(COc4ccc(CN5CCCC[C@H]5C(=O)O)c(OC)n4)c3C)c2C)ccc1CN1CCCC[C@H]1C(=O)O. The maximum absolute atomic E-state index is 11.8. The van der Waals surface area contributed by atoms with Crippen molar-refractivity contribution in [3.05, 3.63) is 94.0 Å². The number of nitrogens with zero attached hydrogens (tertiary/aromatic N) is 4. The summed E-state index contributed by atoms with van der Waals surface area (Å²) in [6.07, 6.45) is 5.05. The van der Waals surface area contributed by atoms with Gasteiger partial charge in [0.25, 0.3) is 0 Å². The Bertz CT molecular complexity index is 1810. The number of aliphatic carboxylic acids is 2. The van der Waals surface area contributed by atoms with Crippen LogP contribution in [0.5, 0.6) is 23.5 Å². The minimum Gasteiger partial charge on any atom is -0.481 e. The number of piperidine rings is 2. The molecule has 4 aromatic rings. The van der Waals surface area contributed by atoms with Crippen LogP contribution in [-0.2, 0) is 35.9 Å². The largest absolute Gasteiger partial charge is 0.481 e. The van der Waals surface area contributed by atoms with Gasteiger partial charge in [0.05, 0.1) is 14.2 Å². The van der Waals surface area contributed by atoms with E-state index in [4.69, 9.17) is 18.9 Å². The van der Waals surface area contributed by atoms with Gasteiger partial charge in [-0.2, -0.15) is 9.97 Å². The van der Waals surface area contributed by atoms with Crippen LogP contribution in [0.2, 0.25) is 0 Å². The fraction of sp³-hybridized carbons (Fsp3) is 0.429. The Morgan fingerprint density at radius 2 is 1.06 bits per heavy atom. The summed E-state index contributed by atoms with van der Waals surface area (Å²) in [4.78, 5) is 36.8. The van der Waals surface area contributed by atoms with Crippen molar-refractivity contribution in [1.29, 1.82) is 0 Å². The van der Waals surface area contributed by atoms with Crippen molar-refractivity contribution in [1.82, 2.24) is 19.8 Å². The second kappa shape index (κ2) is 17.7. The maximum Gasteiger partial charge on any atom is 0.320 e. The van der Waals surface area contributed by atoms with Gasteiger partial charge in [-0.1, -0.05) is 49.2 Å². The molecule has 54 heavy (non-hydrogen) atoms. The van der Waals surface area contributed by atoms with Gasteiger partial charge in [-0.15, -0.1) is 0 Å². The number of hydrogen-bond acceptors (Lipinski definition) is 10. The summed E-state index contributed by atoms with van der Waals surface area (Å²) in [6, 6.07) is 18.8. The lowest BCUT2D eigenvalue weighted by Gasteiger charge is -2.33. The number of likely N-dealkylation sites (tertiary alicyclic amines) is 2. The second-order valence-corrected chi connectivity index (χ2v) is 14.0. The molecule has 4 heterocycles. The molecule has 0 spiro atoms. The van der Waals surface area contributed by atoms with E-state index >= 15 is 0 Å². The van der Waals surface area contributed by atoms with Crippen LogP contribution in [0.25, 0.3) is 11.1 Å². The van der Waals surface area contributed by atoms with Crippen molar-refractivity contribution in [2.75, 3.05) is 27.3 Å². The maximum atomic E-state index is 11.8. The molecule has 12 heteroatoms. The van der Waals surface area contributed by atoms with E-state index in [0.29, 0.717) is 62.7 Å². The smallest absolute Gasteiger partial charge is 0.320 e. The van der Waals surface area contributed by atoms with Gasteiger partial charge in [-0.3, -0.25) is 19.4 Å². The predicted molar refractivity (Wildman–Crippen MR) is 203 cm³/mol. The number of aromatic nitrogens is 2. The zero-order valence-corrected chi connectivity index (χ0v) is 31.5. The minimum absolute atomic E-state index is 0.308. The van der Waals surface area contributed by atoms with Gasteiger partial charge in [0.2, 0.25) is 23.5 Å². The number of carbonyl (C=O) groups is 2. The summed E-state index contributed by atoms with van der Waals surface area (Å²) >= 11 is 0. The van der Waals surface area contributed by atoms with Crippen molar-refractivity contribution in [3.8, 4) is 34.6 Å². The first-order valence-electron chi connectivity index (χ1n) is 18.6. The number of methoxy groups -OCH3 is 2. The molecule has 0 radical (unpaired) electrons. The van der Waals surface area contributed by atoms with E-state index in [1.54, 1.807) is 14.2 Å². The Hall–Kier alpha value is -5.20. The number of hydrogen-bond donors (Lipinski definition) is 2. The monoisotopic (exact) mass is 738 g/mol. The van der Waals surface area contributed by atoms with Crippen molar-refractivity contribution < 1.29 is 38.7 Å². The molecule has 12 nitrogen and oxygen atoms in total. The molecule has 2 fully saturated rings. The molecule has 286 valence electrons. The number of rotatable bonds is 15. The molecule has 0 saturated carbocycles. The van der Waals surface area contributed by atoms with Crippen molar-refractivity contribution in [2.45, 2.75) is 90.8 Å². The van der Waals surface area contributed by atoms with Crippen LogP contribution in [0.15, 0.2) is 60.7 Å². The van der Waals surface area contributed by atoms with E-state index < -0.39 is 24.0 Å². The number of ether oxygens (including phenoxy) is 4. The molecule has 6 rings (SSSR count). The fourth-order valence-corrected chi connectivity index (χ4v) is 7.58. The van der Waals surface area contributed by atoms with E-state index in [-0.39, 0.29) is 0 Å². The summed E-state index contributed by atoms with van der Waals surface area (Å²) in [7, 11) is 3.13. The third-order valence-electron chi connectivity index (χ3n) is 10.7. The highest BCUT2D eigenvalue weighted by molar-refractivity contribution is 5.74. The Balaban J connectivity index is 1.11. The lowest BCUT2D eigenvalue weighted by molar-refractivity contribution is -0.145. The molecule has 2 aliphatic rings. The van der Waals surface area contributed by atoms with Gasteiger partial charge in [-0.25, -0.2) is 0 Å². The Morgan fingerprint density at radius 1 is 0.630 bits per heavy atom. The molecule has 2 aliphatic heterocycles. The standard InChI is InChI=1S/C42H50N4O8/c1-27-31(25-53-37-19-17-29(39(43-37)51-3)23-45-21-7-5-15-35(45)41(47)48)11-9-13-33(27)34-14-10-12-32(28(34)2)26-54-38-20-18-30(40(44-38)52-4)24-46-22-8-6-16-36(46)42(49)50/h9-14,17-20,35-36H,5-8,15-16,21-26H2,1-4H3,(H,47,48)(H,49,50)/t35-,36-/m0/s1. The summed E-state index contributed by atoms with van der Waals surface area (Å²) in [5.74, 6) is 0.128. The van der Waals surface area contributed by atoms with E-state index in [2.05, 4.69) is 35.9 Å². The Morgan fingerprint density at radius 3 is 1.44 bits per heavy atom. The average molecular weight is 739 g/mol. The van der Waals surface area contributed by atoms with Crippen LogP contribution in [0.1, 0.15) is 71.9 Å². The van der Waals surface area contributed by atoms with Crippen LogP contribution < -0.4 is 18.9 Å². The summed E-state index contributed by atoms with van der Waals surface area (Å²) in [6.45, 7) is 7.14. The molecule has 0 bridgehead atoms. The highest BCUT2D eigenvalue weighted by Gasteiger charge is 2.30. The van der Waals surface area contributed by atoms with Crippen LogP contribution in [0.3, 0.4) is 0 Å². The number of carboxylic acids is 2. The van der Waals surface area contributed by atoms with E-state index in [1.165, 1.54) is 0 Å². The molecule has 2 N–H and O–H groups in total. The fourth-order valence-electron chi connectivity index (χ4n) is 7.58. The Kier molecular flexibility index (Phi) is 12.7. The lowest BCUT2D eigenvalue weighted by Crippen LogP contribution is -2.44. The quantitative estimate of drug-likeness (QED) is 0.132. The third-order valence-corrected chi connectivity index (χ3v) is 10.7. The summed E-state index contributed by atoms with van der Waals surface area (Å²) < 4.78 is 23.5. The van der Waals surface area contributed by atoms with Gasteiger partial charge < -0.3 is 29.2 Å². The first-order chi connectivity index (χ1) is 26.2. The van der Waals surface area contributed by atoms with Gasteiger partial charge >= 0.3 is 11.9 Å². The minimum atomic E-state index is -0.794. The lowest BCUT2D eigenvalue weighted by atomic mass is 9.92. The third kappa shape index (κ3) is 8.94. The summed E-state index contributed by atoms with van der Waals surface area (Å²) in [5.41, 5.74) is 8.05. The van der Waals surface area contributed by atoms with Gasteiger partial charge in [0, 0.05) is 36.3 Å². The molecule has 2 saturated heterocycles. The second-order valence-electron chi connectivity index (χ2n) is 14.0. The normalized spacial score (nSPS) is 17.9. The molecule has 0 aliphatic carbocycles. The highest BCUT2D eigenvalue weighted by Crippen LogP contribution is 2.33. The van der Waals surface area contributed by atoms with E-state index in [9.17, 15) is 19.8 Å². The zero-order valence-electron chi connectivity index (χ0n) is 31.5. The molecule has 2 aromatic heterocycles. The molecular formula is C42H50N4O8. The predicted octanol–water partition coefficient (Wildman–Crippen LogP) is 6.81. The van der Waals surface area contributed by atoms with E-state index in [0.717, 1.165) is 83.3 Å². The first kappa shape index (κ1) is 38.5. The van der Waals surface area contributed by atoms with Gasteiger partial charge in [-0.05, 0) is 98.1 Å². The topological polar surface area (TPSA) is 144 Å². The zero-order chi connectivity index (χ0) is 38.2. The van der Waals surface area contributed by atoms with Crippen molar-refractivity contribution in [2.24, 2.45) is 0 Å². The molecule has 0 unspecified atom stereocenters. The van der Waals surface area contributed by atoms with Crippen LogP contribution in [-0.4, -0.2) is 81.3 Å².